The largest absolute Gasteiger partial charge is 0.496 e. The Balaban J connectivity index is 2.16. The lowest BCUT2D eigenvalue weighted by Gasteiger charge is -2.09. The van der Waals surface area contributed by atoms with Gasteiger partial charge in [-0.2, -0.15) is 5.10 Å². The van der Waals surface area contributed by atoms with Crippen LogP contribution in [0.1, 0.15) is 16.8 Å². The van der Waals surface area contributed by atoms with E-state index in [9.17, 15) is 0 Å². The predicted octanol–water partition coefficient (Wildman–Crippen LogP) is 2.12. The summed E-state index contributed by atoms with van der Waals surface area (Å²) < 4.78 is 7.15. The van der Waals surface area contributed by atoms with Crippen molar-refractivity contribution in [1.29, 1.82) is 0 Å². The van der Waals surface area contributed by atoms with Crippen LogP contribution in [0.4, 0.5) is 0 Å². The first-order chi connectivity index (χ1) is 10.0. The maximum absolute atomic E-state index is 8.76. The minimum atomic E-state index is 0.0355. The van der Waals surface area contributed by atoms with Crippen molar-refractivity contribution < 1.29 is 9.94 Å². The molecule has 0 saturated heterocycles. The van der Waals surface area contributed by atoms with Gasteiger partial charge >= 0.3 is 0 Å². The van der Waals surface area contributed by atoms with E-state index in [1.54, 1.807) is 24.9 Å². The monoisotopic (exact) mass is 306 g/mol. The lowest BCUT2D eigenvalue weighted by molar-refractivity contribution is 0.318. The molecular weight excluding hydrogens is 288 g/mol. The second-order valence-electron chi connectivity index (χ2n) is 4.56. The average molecular weight is 306 g/mol. The fourth-order valence-electron chi connectivity index (χ4n) is 1.97. The fraction of sp³-hybridized carbons (Fsp3) is 0.286. The van der Waals surface area contributed by atoms with Crippen molar-refractivity contribution in [3.8, 4) is 5.75 Å². The molecule has 0 saturated carbocycles. The van der Waals surface area contributed by atoms with Crippen molar-refractivity contribution in [2.45, 2.75) is 17.7 Å². The van der Waals surface area contributed by atoms with Gasteiger partial charge in [-0.1, -0.05) is 11.2 Å². The Hall–Kier alpha value is -2.15. The number of hydrogen-bond donors (Lipinski definition) is 2. The molecule has 0 bridgehead atoms. The minimum Gasteiger partial charge on any atom is -0.496 e. The third-order valence-corrected chi connectivity index (χ3v) is 4.15. The molecule has 1 heterocycles. The number of amidine groups is 1. The van der Waals surface area contributed by atoms with Crippen LogP contribution >= 0.6 is 11.8 Å². The summed E-state index contributed by atoms with van der Waals surface area (Å²) in [5.74, 6) is 1.41. The number of aryl methyl sites for hydroxylation is 2. The highest BCUT2D eigenvalue weighted by Crippen LogP contribution is 2.26. The van der Waals surface area contributed by atoms with Gasteiger partial charge in [-0.3, -0.25) is 4.68 Å². The van der Waals surface area contributed by atoms with Crippen LogP contribution in [0, 0.1) is 6.92 Å². The summed E-state index contributed by atoms with van der Waals surface area (Å²) in [7, 11) is 3.49. The van der Waals surface area contributed by atoms with Crippen LogP contribution in [0.5, 0.6) is 5.75 Å². The number of rotatable bonds is 5. The summed E-state index contributed by atoms with van der Waals surface area (Å²) in [4.78, 5) is 0. The number of ether oxygens (including phenoxy) is 1. The smallest absolute Gasteiger partial charge is 0.173 e. The molecule has 0 atom stereocenters. The highest BCUT2D eigenvalue weighted by molar-refractivity contribution is 7.98. The maximum Gasteiger partial charge on any atom is 0.173 e. The average Bonchev–Trinajstić information content (AvgIpc) is 2.81. The van der Waals surface area contributed by atoms with Crippen molar-refractivity contribution in [3.63, 3.8) is 0 Å². The Morgan fingerprint density at radius 1 is 1.48 bits per heavy atom. The van der Waals surface area contributed by atoms with Crippen molar-refractivity contribution in [1.82, 2.24) is 9.78 Å². The lowest BCUT2D eigenvalue weighted by Crippen LogP contribution is -2.14. The van der Waals surface area contributed by atoms with Crippen molar-refractivity contribution >= 4 is 17.6 Å². The van der Waals surface area contributed by atoms with E-state index in [2.05, 4.69) is 10.3 Å². The molecule has 0 aliphatic rings. The van der Waals surface area contributed by atoms with Gasteiger partial charge in [-0.25, -0.2) is 0 Å². The molecule has 21 heavy (non-hydrogen) atoms. The molecule has 1 aromatic carbocycles. The number of hydrogen-bond acceptors (Lipinski definition) is 5. The molecule has 0 radical (unpaired) electrons. The van der Waals surface area contributed by atoms with E-state index in [1.807, 2.05) is 36.9 Å². The number of thioether (sulfide) groups is 1. The van der Waals surface area contributed by atoms with Crippen LogP contribution in [-0.4, -0.2) is 27.9 Å². The zero-order valence-corrected chi connectivity index (χ0v) is 13.0. The summed E-state index contributed by atoms with van der Waals surface area (Å²) in [5.41, 5.74) is 8.27. The van der Waals surface area contributed by atoms with Crippen LogP contribution in [-0.2, 0) is 12.8 Å². The normalized spacial score (nSPS) is 11.7. The first-order valence-corrected chi connectivity index (χ1v) is 7.32. The van der Waals surface area contributed by atoms with Crippen LogP contribution in [0.2, 0.25) is 0 Å². The molecule has 112 valence electrons. The number of aromatic nitrogens is 2. The molecule has 0 aliphatic carbocycles. The third-order valence-electron chi connectivity index (χ3n) is 3.00. The minimum absolute atomic E-state index is 0.0355. The van der Waals surface area contributed by atoms with Gasteiger partial charge in [0, 0.05) is 12.8 Å². The third kappa shape index (κ3) is 3.49. The summed E-state index contributed by atoms with van der Waals surface area (Å²) >= 11 is 1.69. The summed E-state index contributed by atoms with van der Waals surface area (Å²) in [6, 6.07) is 7.67. The second-order valence-corrected chi connectivity index (χ2v) is 5.55. The second kappa shape index (κ2) is 6.53. The van der Waals surface area contributed by atoms with Gasteiger partial charge in [0.2, 0.25) is 0 Å². The Labute approximate surface area is 127 Å². The zero-order valence-electron chi connectivity index (χ0n) is 12.2. The highest BCUT2D eigenvalue weighted by atomic mass is 32.2. The first-order valence-electron chi connectivity index (χ1n) is 6.33. The van der Waals surface area contributed by atoms with E-state index in [0.29, 0.717) is 11.3 Å². The molecule has 2 rings (SSSR count). The topological polar surface area (TPSA) is 85.7 Å². The van der Waals surface area contributed by atoms with Gasteiger partial charge in [0.05, 0.1) is 23.4 Å². The summed E-state index contributed by atoms with van der Waals surface area (Å²) in [5, 5.41) is 17.2. The van der Waals surface area contributed by atoms with E-state index in [0.717, 1.165) is 22.0 Å². The molecule has 6 nitrogen and oxygen atoms in total. The van der Waals surface area contributed by atoms with E-state index in [-0.39, 0.29) is 5.84 Å². The molecule has 0 fully saturated rings. The van der Waals surface area contributed by atoms with Crippen molar-refractivity contribution in [2.24, 2.45) is 17.9 Å². The van der Waals surface area contributed by atoms with Gasteiger partial charge in [-0.15, -0.1) is 11.8 Å². The number of oxime groups is 1. The van der Waals surface area contributed by atoms with Crippen molar-refractivity contribution in [2.75, 3.05) is 7.11 Å². The molecule has 0 spiro atoms. The van der Waals surface area contributed by atoms with E-state index >= 15 is 0 Å². The summed E-state index contributed by atoms with van der Waals surface area (Å²) in [6.07, 6.45) is 0. The molecule has 1 aromatic heterocycles. The number of nitrogens with zero attached hydrogens (tertiary/aromatic N) is 3. The molecule has 7 heteroatoms. The van der Waals surface area contributed by atoms with E-state index < -0.39 is 0 Å². The van der Waals surface area contributed by atoms with Gasteiger partial charge in [0.15, 0.2) is 5.84 Å². The van der Waals surface area contributed by atoms with E-state index in [4.69, 9.17) is 15.7 Å². The molecular formula is C14H18N4O2S. The standard InChI is InChI=1S/C14H18N4O2S/c1-9-6-13(18(2)16-9)21-8-10-4-5-11(14(15)17-19)12(7-10)20-3/h4-7,19H,8H2,1-3H3,(H2,15,17). The molecule has 0 aliphatic heterocycles. The maximum atomic E-state index is 8.76. The fourth-order valence-corrected chi connectivity index (χ4v) is 2.95. The summed E-state index contributed by atoms with van der Waals surface area (Å²) in [6.45, 7) is 1.97. The molecule has 2 aromatic rings. The lowest BCUT2D eigenvalue weighted by atomic mass is 10.1. The van der Waals surface area contributed by atoms with Gasteiger partial charge in [0.1, 0.15) is 5.75 Å². The quantitative estimate of drug-likeness (QED) is 0.290. The Bertz CT molecular complexity index is 667. The first kappa shape index (κ1) is 15.2. The van der Waals surface area contributed by atoms with Crippen LogP contribution in [0.15, 0.2) is 34.4 Å². The van der Waals surface area contributed by atoms with Crippen LogP contribution < -0.4 is 10.5 Å². The highest BCUT2D eigenvalue weighted by Gasteiger charge is 2.10. The van der Waals surface area contributed by atoms with Crippen LogP contribution in [0.3, 0.4) is 0 Å². The number of nitrogens with two attached hydrogens (primary N) is 1. The number of methoxy groups -OCH3 is 1. The van der Waals surface area contributed by atoms with Gasteiger partial charge < -0.3 is 15.7 Å². The van der Waals surface area contributed by atoms with Crippen molar-refractivity contribution in [3.05, 3.63) is 41.1 Å². The Kier molecular flexibility index (Phi) is 4.74. The Morgan fingerprint density at radius 3 is 2.81 bits per heavy atom. The number of benzene rings is 1. The van der Waals surface area contributed by atoms with E-state index in [1.165, 1.54) is 0 Å². The van der Waals surface area contributed by atoms with Crippen LogP contribution in [0.25, 0.3) is 0 Å². The molecule has 3 N–H and O–H groups in total. The van der Waals surface area contributed by atoms with Gasteiger partial charge in [-0.05, 0) is 30.7 Å². The van der Waals surface area contributed by atoms with Gasteiger partial charge in [0.25, 0.3) is 0 Å². The molecule has 0 amide bonds. The Morgan fingerprint density at radius 2 is 2.24 bits per heavy atom. The zero-order chi connectivity index (χ0) is 15.4. The SMILES string of the molecule is COc1cc(CSc2cc(C)nn2C)ccc1/C(N)=N/O. The predicted molar refractivity (Wildman–Crippen MR) is 83.0 cm³/mol. The molecule has 0 unspecified atom stereocenters.